The number of rotatable bonds is 1. The summed E-state index contributed by atoms with van der Waals surface area (Å²) in [5.74, 6) is -1.61. The molecule has 66 valence electrons. The number of benzene rings is 1. The number of thiophene rings is 1. The lowest BCUT2D eigenvalue weighted by atomic mass is 10.2. The van der Waals surface area contributed by atoms with Gasteiger partial charge in [-0.2, -0.15) is 0 Å². The van der Waals surface area contributed by atoms with Gasteiger partial charge in [-0.3, -0.25) is 0 Å². The van der Waals surface area contributed by atoms with Gasteiger partial charge in [0.1, 0.15) is 0 Å². The summed E-state index contributed by atoms with van der Waals surface area (Å²) >= 11 is 1.50. The van der Waals surface area contributed by atoms with Gasteiger partial charge in [0.25, 0.3) is 0 Å². The normalized spacial score (nSPS) is 10.3. The molecule has 0 aliphatic heterocycles. The summed E-state index contributed by atoms with van der Waals surface area (Å²) in [6.45, 7) is 0. The van der Waals surface area contributed by atoms with E-state index in [2.05, 4.69) is 0 Å². The lowest BCUT2D eigenvalue weighted by Crippen LogP contribution is -1.83. The molecule has 0 fully saturated rings. The lowest BCUT2D eigenvalue weighted by molar-refractivity contribution is 0.509. The minimum Gasteiger partial charge on any atom is -0.204 e. The summed E-state index contributed by atoms with van der Waals surface area (Å²) in [4.78, 5) is 0.943. The van der Waals surface area contributed by atoms with Crippen molar-refractivity contribution in [2.75, 3.05) is 0 Å². The Balaban J connectivity index is 2.49. The Morgan fingerprint density at radius 2 is 1.85 bits per heavy atom. The van der Waals surface area contributed by atoms with E-state index in [0.717, 1.165) is 10.9 Å². The number of halogens is 2. The molecule has 0 saturated carbocycles. The van der Waals surface area contributed by atoms with E-state index in [1.54, 1.807) is 6.07 Å². The van der Waals surface area contributed by atoms with E-state index < -0.39 is 11.6 Å². The fourth-order valence-corrected chi connectivity index (χ4v) is 1.82. The molecule has 0 spiro atoms. The molecule has 0 radical (unpaired) electrons. The Labute approximate surface area is 78.5 Å². The minimum absolute atomic E-state index is 0.717. The first-order valence-electron chi connectivity index (χ1n) is 3.76. The molecule has 0 atom stereocenters. The summed E-state index contributed by atoms with van der Waals surface area (Å²) in [7, 11) is 0. The fraction of sp³-hybridized carbons (Fsp3) is 0. The van der Waals surface area contributed by atoms with Crippen LogP contribution >= 0.6 is 11.3 Å². The number of hydrogen-bond donors (Lipinski definition) is 0. The van der Waals surface area contributed by atoms with E-state index in [1.807, 2.05) is 17.5 Å². The Hall–Kier alpha value is -1.22. The minimum atomic E-state index is -0.805. The average molecular weight is 196 g/mol. The molecule has 1 aromatic carbocycles. The van der Waals surface area contributed by atoms with Crippen LogP contribution in [0.5, 0.6) is 0 Å². The fourth-order valence-electron chi connectivity index (χ4n) is 1.09. The van der Waals surface area contributed by atoms with Crippen LogP contribution < -0.4 is 0 Å². The standard InChI is InChI=1S/C10H6F2S/c11-8-4-3-7(6-9(8)12)10-2-1-5-13-10/h1-6H. The summed E-state index contributed by atoms with van der Waals surface area (Å²) in [6, 6.07) is 7.68. The van der Waals surface area contributed by atoms with Gasteiger partial charge in [0, 0.05) is 4.88 Å². The van der Waals surface area contributed by atoms with Crippen molar-refractivity contribution in [2.45, 2.75) is 0 Å². The topological polar surface area (TPSA) is 0 Å². The monoisotopic (exact) mass is 196 g/mol. The van der Waals surface area contributed by atoms with Gasteiger partial charge in [0.15, 0.2) is 11.6 Å². The van der Waals surface area contributed by atoms with E-state index in [9.17, 15) is 8.78 Å². The van der Waals surface area contributed by atoms with Crippen LogP contribution in [0.1, 0.15) is 0 Å². The first-order chi connectivity index (χ1) is 6.27. The van der Waals surface area contributed by atoms with Gasteiger partial charge in [0.2, 0.25) is 0 Å². The maximum Gasteiger partial charge on any atom is 0.159 e. The SMILES string of the molecule is Fc1ccc(-c2cccs2)cc1F. The van der Waals surface area contributed by atoms with Crippen LogP contribution in [0.25, 0.3) is 10.4 Å². The Morgan fingerprint density at radius 1 is 1.00 bits per heavy atom. The van der Waals surface area contributed by atoms with Crippen LogP contribution in [0.4, 0.5) is 8.78 Å². The van der Waals surface area contributed by atoms with Crippen molar-refractivity contribution in [1.82, 2.24) is 0 Å². The third-order valence-corrected chi connectivity index (χ3v) is 2.64. The molecule has 2 aromatic rings. The second-order valence-corrected chi connectivity index (χ2v) is 3.55. The highest BCUT2D eigenvalue weighted by molar-refractivity contribution is 7.13. The van der Waals surface area contributed by atoms with Crippen molar-refractivity contribution >= 4 is 11.3 Å². The molecule has 3 heteroatoms. The highest BCUT2D eigenvalue weighted by atomic mass is 32.1. The molecule has 0 saturated heterocycles. The van der Waals surface area contributed by atoms with Gasteiger partial charge in [-0.25, -0.2) is 8.78 Å². The van der Waals surface area contributed by atoms with Crippen LogP contribution in [0, 0.1) is 11.6 Å². The van der Waals surface area contributed by atoms with Crippen LogP contribution in [0.3, 0.4) is 0 Å². The van der Waals surface area contributed by atoms with Crippen molar-refractivity contribution in [1.29, 1.82) is 0 Å². The number of hydrogen-bond acceptors (Lipinski definition) is 1. The molecule has 0 unspecified atom stereocenters. The first kappa shape index (κ1) is 8.38. The quantitative estimate of drug-likeness (QED) is 0.652. The predicted molar refractivity (Wildman–Crippen MR) is 49.7 cm³/mol. The van der Waals surface area contributed by atoms with Gasteiger partial charge < -0.3 is 0 Å². The van der Waals surface area contributed by atoms with Crippen LogP contribution in [0.15, 0.2) is 35.7 Å². The summed E-state index contributed by atoms with van der Waals surface area (Å²) in [5.41, 5.74) is 0.717. The smallest absolute Gasteiger partial charge is 0.159 e. The second kappa shape index (κ2) is 3.26. The molecule has 0 amide bonds. The molecule has 0 bridgehead atoms. The highest BCUT2D eigenvalue weighted by Crippen LogP contribution is 2.25. The Bertz CT molecular complexity index is 407. The Morgan fingerprint density at radius 3 is 2.46 bits per heavy atom. The van der Waals surface area contributed by atoms with E-state index in [4.69, 9.17) is 0 Å². The first-order valence-corrected chi connectivity index (χ1v) is 4.64. The third-order valence-electron chi connectivity index (χ3n) is 1.73. The summed E-state index contributed by atoms with van der Waals surface area (Å²) < 4.78 is 25.4. The molecule has 13 heavy (non-hydrogen) atoms. The summed E-state index contributed by atoms with van der Waals surface area (Å²) in [6.07, 6.45) is 0. The summed E-state index contributed by atoms with van der Waals surface area (Å²) in [5, 5.41) is 1.90. The molecule has 2 rings (SSSR count). The van der Waals surface area contributed by atoms with Crippen molar-refractivity contribution in [3.63, 3.8) is 0 Å². The van der Waals surface area contributed by atoms with E-state index in [0.29, 0.717) is 5.56 Å². The zero-order chi connectivity index (χ0) is 9.26. The average Bonchev–Trinajstić information content (AvgIpc) is 2.62. The van der Waals surface area contributed by atoms with Gasteiger partial charge in [-0.05, 0) is 29.1 Å². The van der Waals surface area contributed by atoms with Gasteiger partial charge in [0.05, 0.1) is 0 Å². The zero-order valence-corrected chi connectivity index (χ0v) is 7.44. The molecule has 0 aliphatic rings. The largest absolute Gasteiger partial charge is 0.204 e. The molecule has 0 N–H and O–H groups in total. The van der Waals surface area contributed by atoms with Crippen molar-refractivity contribution in [3.05, 3.63) is 47.3 Å². The molecular formula is C10H6F2S. The van der Waals surface area contributed by atoms with Crippen LogP contribution in [0.2, 0.25) is 0 Å². The maximum atomic E-state index is 12.8. The molecule has 1 heterocycles. The maximum absolute atomic E-state index is 12.8. The van der Waals surface area contributed by atoms with E-state index >= 15 is 0 Å². The molecular weight excluding hydrogens is 190 g/mol. The van der Waals surface area contributed by atoms with Gasteiger partial charge in [-0.1, -0.05) is 12.1 Å². The highest BCUT2D eigenvalue weighted by Gasteiger charge is 2.04. The van der Waals surface area contributed by atoms with Crippen molar-refractivity contribution in [3.8, 4) is 10.4 Å². The van der Waals surface area contributed by atoms with Gasteiger partial charge in [-0.15, -0.1) is 11.3 Å². The van der Waals surface area contributed by atoms with Crippen molar-refractivity contribution < 1.29 is 8.78 Å². The Kier molecular flexibility index (Phi) is 2.10. The van der Waals surface area contributed by atoms with Gasteiger partial charge >= 0.3 is 0 Å². The van der Waals surface area contributed by atoms with Crippen LogP contribution in [-0.2, 0) is 0 Å². The molecule has 0 aliphatic carbocycles. The van der Waals surface area contributed by atoms with Crippen molar-refractivity contribution in [2.24, 2.45) is 0 Å². The van der Waals surface area contributed by atoms with E-state index in [1.165, 1.54) is 17.4 Å². The second-order valence-electron chi connectivity index (χ2n) is 2.61. The predicted octanol–water partition coefficient (Wildman–Crippen LogP) is 3.69. The molecule has 0 nitrogen and oxygen atoms in total. The molecule has 1 aromatic heterocycles. The third kappa shape index (κ3) is 1.60. The zero-order valence-electron chi connectivity index (χ0n) is 6.63. The van der Waals surface area contributed by atoms with Crippen LogP contribution in [-0.4, -0.2) is 0 Å². The van der Waals surface area contributed by atoms with E-state index in [-0.39, 0.29) is 0 Å². The lowest BCUT2D eigenvalue weighted by Gasteiger charge is -1.97.